The summed E-state index contributed by atoms with van der Waals surface area (Å²) in [5.74, 6) is 0.117. The van der Waals surface area contributed by atoms with E-state index in [0.717, 1.165) is 0 Å². The highest BCUT2D eigenvalue weighted by molar-refractivity contribution is 7.47. The minimum absolute atomic E-state index is 0.115. The molecule has 10 heteroatoms. The molecular weight excluding hydrogens is 373 g/mol. The SMILES string of the molecule is CC(C)(C)C[C@H]1O[C@@H](n2ccc(N)nc2=O)CC1OP(=O)(O)OC(C)(C)C. The molecule has 4 atom stereocenters. The van der Waals surface area contributed by atoms with E-state index in [4.69, 9.17) is 19.5 Å². The van der Waals surface area contributed by atoms with Gasteiger partial charge in [-0.2, -0.15) is 4.98 Å². The molecule has 1 aliphatic heterocycles. The minimum Gasteiger partial charge on any atom is -0.383 e. The third-order valence-corrected chi connectivity index (χ3v) is 5.13. The number of aromatic nitrogens is 2. The van der Waals surface area contributed by atoms with Crippen LogP contribution in [0.25, 0.3) is 0 Å². The lowest BCUT2D eigenvalue weighted by Crippen LogP contribution is -2.30. The molecule has 0 saturated carbocycles. The van der Waals surface area contributed by atoms with Gasteiger partial charge in [0.1, 0.15) is 12.0 Å². The van der Waals surface area contributed by atoms with Crippen LogP contribution in [0.4, 0.5) is 5.82 Å². The summed E-state index contributed by atoms with van der Waals surface area (Å²) in [6, 6.07) is 1.50. The van der Waals surface area contributed by atoms with Crippen molar-refractivity contribution in [2.24, 2.45) is 5.41 Å². The standard InChI is InChI=1S/C17H30N3O6P/c1-16(2,3)10-12-11(25-27(22,23)26-17(4,5)6)9-14(24-12)20-8-7-13(18)19-15(20)21/h7-8,11-12,14H,9-10H2,1-6H3,(H,22,23)(H2,18,19,21)/t11?,12-,14-/m1/s1. The first-order valence-electron chi connectivity index (χ1n) is 8.87. The maximum Gasteiger partial charge on any atom is 0.473 e. The highest BCUT2D eigenvalue weighted by Crippen LogP contribution is 2.51. The van der Waals surface area contributed by atoms with Crippen molar-refractivity contribution in [3.8, 4) is 0 Å². The van der Waals surface area contributed by atoms with Crippen LogP contribution in [-0.2, 0) is 18.3 Å². The van der Waals surface area contributed by atoms with Crippen molar-refractivity contribution in [2.45, 2.75) is 78.4 Å². The van der Waals surface area contributed by atoms with E-state index in [1.165, 1.54) is 16.8 Å². The van der Waals surface area contributed by atoms with Crippen molar-refractivity contribution in [2.75, 3.05) is 5.73 Å². The van der Waals surface area contributed by atoms with Crippen LogP contribution in [0.1, 0.15) is 60.6 Å². The second kappa shape index (κ2) is 7.64. The first-order valence-corrected chi connectivity index (χ1v) is 10.4. The van der Waals surface area contributed by atoms with Crippen LogP contribution < -0.4 is 11.4 Å². The number of phosphoric ester groups is 1. The molecule has 1 aromatic heterocycles. The molecule has 0 aromatic carbocycles. The van der Waals surface area contributed by atoms with E-state index in [9.17, 15) is 14.3 Å². The van der Waals surface area contributed by atoms with Crippen LogP contribution in [0.15, 0.2) is 17.1 Å². The molecule has 0 radical (unpaired) electrons. The Labute approximate surface area is 159 Å². The average Bonchev–Trinajstić information content (AvgIpc) is 2.75. The Morgan fingerprint density at radius 2 is 2.00 bits per heavy atom. The Balaban J connectivity index is 2.24. The lowest BCUT2D eigenvalue weighted by atomic mass is 9.87. The van der Waals surface area contributed by atoms with Gasteiger partial charge in [-0.3, -0.25) is 13.6 Å². The molecule has 2 rings (SSSR count). The zero-order chi connectivity index (χ0) is 20.6. The number of nitrogens with zero attached hydrogens (tertiary/aromatic N) is 2. The largest absolute Gasteiger partial charge is 0.473 e. The van der Waals surface area contributed by atoms with Crippen molar-refractivity contribution >= 4 is 13.6 Å². The molecule has 0 spiro atoms. The van der Waals surface area contributed by atoms with E-state index in [-0.39, 0.29) is 17.7 Å². The number of nitrogens with two attached hydrogens (primary N) is 1. The number of rotatable bonds is 5. The molecule has 2 heterocycles. The molecule has 1 fully saturated rings. The van der Waals surface area contributed by atoms with Gasteiger partial charge in [0.25, 0.3) is 0 Å². The van der Waals surface area contributed by atoms with E-state index in [0.29, 0.717) is 6.42 Å². The Hall–Kier alpha value is -1.25. The molecule has 154 valence electrons. The molecule has 1 aromatic rings. The smallest absolute Gasteiger partial charge is 0.383 e. The summed E-state index contributed by atoms with van der Waals surface area (Å²) in [5.41, 5.74) is 4.02. The van der Waals surface area contributed by atoms with Crippen molar-refractivity contribution in [1.82, 2.24) is 9.55 Å². The van der Waals surface area contributed by atoms with Gasteiger partial charge in [-0.15, -0.1) is 0 Å². The number of phosphoric acid groups is 1. The van der Waals surface area contributed by atoms with Crippen LogP contribution >= 0.6 is 7.82 Å². The Bertz CT molecular complexity index is 767. The van der Waals surface area contributed by atoms with Crippen LogP contribution in [-0.4, -0.2) is 32.3 Å². The van der Waals surface area contributed by atoms with Gasteiger partial charge in [0.2, 0.25) is 0 Å². The number of nitrogen functional groups attached to an aromatic ring is 1. The second-order valence-corrected chi connectivity index (χ2v) is 10.3. The van der Waals surface area contributed by atoms with Gasteiger partial charge in [-0.25, -0.2) is 9.36 Å². The number of anilines is 1. The Kier molecular flexibility index (Phi) is 6.24. The van der Waals surface area contributed by atoms with E-state index < -0.39 is 37.5 Å². The summed E-state index contributed by atoms with van der Waals surface area (Å²) >= 11 is 0. The van der Waals surface area contributed by atoms with Gasteiger partial charge in [0.15, 0.2) is 0 Å². The summed E-state index contributed by atoms with van der Waals surface area (Å²) < 4.78 is 30.4. The summed E-state index contributed by atoms with van der Waals surface area (Å²) in [6.45, 7) is 11.1. The van der Waals surface area contributed by atoms with Gasteiger partial charge in [-0.05, 0) is 38.7 Å². The number of hydrogen-bond acceptors (Lipinski definition) is 7. The van der Waals surface area contributed by atoms with Gasteiger partial charge < -0.3 is 15.4 Å². The summed E-state index contributed by atoms with van der Waals surface area (Å²) in [4.78, 5) is 26.0. The van der Waals surface area contributed by atoms with Crippen molar-refractivity contribution < 1.29 is 23.2 Å². The predicted molar refractivity (Wildman–Crippen MR) is 101 cm³/mol. The summed E-state index contributed by atoms with van der Waals surface area (Å²) in [7, 11) is -4.31. The second-order valence-electron chi connectivity index (χ2n) is 8.99. The fraction of sp³-hybridized carbons (Fsp3) is 0.765. The molecule has 0 bridgehead atoms. The number of ether oxygens (including phenoxy) is 1. The molecule has 0 amide bonds. The van der Waals surface area contributed by atoms with Crippen LogP contribution in [0.5, 0.6) is 0 Å². The lowest BCUT2D eigenvalue weighted by molar-refractivity contribution is -0.0426. The van der Waals surface area contributed by atoms with Crippen molar-refractivity contribution in [1.29, 1.82) is 0 Å². The molecular formula is C17H30N3O6P. The van der Waals surface area contributed by atoms with Crippen molar-refractivity contribution in [3.05, 3.63) is 22.7 Å². The maximum absolute atomic E-state index is 12.4. The van der Waals surface area contributed by atoms with Crippen molar-refractivity contribution in [3.63, 3.8) is 0 Å². The molecule has 3 N–H and O–H groups in total. The van der Waals surface area contributed by atoms with E-state index in [1.54, 1.807) is 20.8 Å². The third-order valence-electron chi connectivity index (χ3n) is 3.81. The third kappa shape index (κ3) is 6.69. The lowest BCUT2D eigenvalue weighted by Gasteiger charge is -2.29. The topological polar surface area (TPSA) is 126 Å². The van der Waals surface area contributed by atoms with Crippen LogP contribution in [0, 0.1) is 5.41 Å². The molecule has 0 aliphatic carbocycles. The molecule has 27 heavy (non-hydrogen) atoms. The quantitative estimate of drug-likeness (QED) is 0.719. The summed E-state index contributed by atoms with van der Waals surface area (Å²) in [6.07, 6.45) is 0.416. The van der Waals surface area contributed by atoms with Gasteiger partial charge in [0.05, 0.1) is 17.8 Å². The van der Waals surface area contributed by atoms with Crippen LogP contribution in [0.3, 0.4) is 0 Å². The van der Waals surface area contributed by atoms with Gasteiger partial charge in [0, 0.05) is 12.6 Å². The van der Waals surface area contributed by atoms with E-state index >= 15 is 0 Å². The Morgan fingerprint density at radius 1 is 1.37 bits per heavy atom. The first-order chi connectivity index (χ1) is 12.2. The fourth-order valence-electron chi connectivity index (χ4n) is 2.95. The maximum atomic E-state index is 12.4. The highest BCUT2D eigenvalue weighted by Gasteiger charge is 2.44. The molecule has 9 nitrogen and oxygen atoms in total. The molecule has 1 saturated heterocycles. The van der Waals surface area contributed by atoms with E-state index in [1.807, 2.05) is 20.8 Å². The normalized spacial score (nSPS) is 26.1. The van der Waals surface area contributed by atoms with Gasteiger partial charge >= 0.3 is 13.5 Å². The molecule has 2 unspecified atom stereocenters. The number of hydrogen-bond donors (Lipinski definition) is 2. The zero-order valence-corrected chi connectivity index (χ0v) is 17.6. The monoisotopic (exact) mass is 403 g/mol. The minimum atomic E-state index is -4.31. The predicted octanol–water partition coefficient (Wildman–Crippen LogP) is 2.85. The average molecular weight is 403 g/mol. The van der Waals surface area contributed by atoms with Gasteiger partial charge in [-0.1, -0.05) is 20.8 Å². The first kappa shape index (κ1) is 22.0. The highest BCUT2D eigenvalue weighted by atomic mass is 31.2. The zero-order valence-electron chi connectivity index (χ0n) is 16.7. The fourth-order valence-corrected chi connectivity index (χ4v) is 4.25. The summed E-state index contributed by atoms with van der Waals surface area (Å²) in [5, 5.41) is 0. The van der Waals surface area contributed by atoms with E-state index in [2.05, 4.69) is 4.98 Å². The Morgan fingerprint density at radius 3 is 2.52 bits per heavy atom. The molecule has 1 aliphatic rings. The van der Waals surface area contributed by atoms with Crippen LogP contribution in [0.2, 0.25) is 0 Å².